The molecule has 19 heavy (non-hydrogen) atoms. The lowest BCUT2D eigenvalue weighted by Crippen LogP contribution is -2.14. The van der Waals surface area contributed by atoms with Crippen molar-refractivity contribution in [3.05, 3.63) is 71.3 Å². The standard InChI is InChI=1S/C18H22O/c1-14-8-10-16(11-9-14)13-18(19)12-15(2)17-6-4-3-5-7-17/h3-11,15,18-19H,12-13H2,1-2H3. The van der Waals surface area contributed by atoms with Crippen molar-refractivity contribution in [2.75, 3.05) is 0 Å². The summed E-state index contributed by atoms with van der Waals surface area (Å²) < 4.78 is 0. The fourth-order valence-electron chi connectivity index (χ4n) is 2.41. The van der Waals surface area contributed by atoms with E-state index in [-0.39, 0.29) is 6.10 Å². The van der Waals surface area contributed by atoms with E-state index in [1.165, 1.54) is 16.7 Å². The normalized spacial score (nSPS) is 14.1. The zero-order chi connectivity index (χ0) is 13.7. The molecule has 0 aliphatic rings. The van der Waals surface area contributed by atoms with Crippen molar-refractivity contribution in [1.82, 2.24) is 0 Å². The van der Waals surface area contributed by atoms with Gasteiger partial charge < -0.3 is 5.11 Å². The van der Waals surface area contributed by atoms with E-state index in [0.717, 1.165) is 12.8 Å². The number of hydrogen-bond acceptors (Lipinski definition) is 1. The fraction of sp³-hybridized carbons (Fsp3) is 0.333. The van der Waals surface area contributed by atoms with Crippen molar-refractivity contribution < 1.29 is 5.11 Å². The third-order valence-corrected chi connectivity index (χ3v) is 3.59. The van der Waals surface area contributed by atoms with E-state index >= 15 is 0 Å². The van der Waals surface area contributed by atoms with Gasteiger partial charge in [-0.25, -0.2) is 0 Å². The average molecular weight is 254 g/mol. The molecule has 2 rings (SSSR count). The number of benzene rings is 2. The third-order valence-electron chi connectivity index (χ3n) is 3.59. The minimum Gasteiger partial charge on any atom is -0.393 e. The summed E-state index contributed by atoms with van der Waals surface area (Å²) in [4.78, 5) is 0. The van der Waals surface area contributed by atoms with Crippen LogP contribution >= 0.6 is 0 Å². The molecule has 0 heterocycles. The molecule has 0 amide bonds. The molecule has 0 bridgehead atoms. The molecule has 1 nitrogen and oxygen atoms in total. The number of aryl methyl sites for hydroxylation is 1. The maximum absolute atomic E-state index is 10.2. The maximum Gasteiger partial charge on any atom is 0.0586 e. The highest BCUT2D eigenvalue weighted by Gasteiger charge is 2.12. The van der Waals surface area contributed by atoms with Crippen LogP contribution in [0.15, 0.2) is 54.6 Å². The van der Waals surface area contributed by atoms with Gasteiger partial charge in [0, 0.05) is 0 Å². The topological polar surface area (TPSA) is 20.2 Å². The molecule has 1 N–H and O–H groups in total. The summed E-state index contributed by atoms with van der Waals surface area (Å²) in [6, 6.07) is 18.8. The summed E-state index contributed by atoms with van der Waals surface area (Å²) >= 11 is 0. The summed E-state index contributed by atoms with van der Waals surface area (Å²) in [7, 11) is 0. The van der Waals surface area contributed by atoms with Crippen LogP contribution in [-0.4, -0.2) is 11.2 Å². The Morgan fingerprint density at radius 1 is 0.947 bits per heavy atom. The Labute approximate surface area is 115 Å². The van der Waals surface area contributed by atoms with Crippen LogP contribution in [0.4, 0.5) is 0 Å². The molecule has 0 fully saturated rings. The molecule has 2 aromatic carbocycles. The van der Waals surface area contributed by atoms with Gasteiger partial charge in [0.05, 0.1) is 6.10 Å². The Hall–Kier alpha value is -1.60. The molecular weight excluding hydrogens is 232 g/mol. The molecule has 2 aromatic rings. The van der Waals surface area contributed by atoms with Gasteiger partial charge in [-0.05, 0) is 36.8 Å². The Balaban J connectivity index is 1.90. The van der Waals surface area contributed by atoms with Gasteiger partial charge in [-0.2, -0.15) is 0 Å². The van der Waals surface area contributed by atoms with Gasteiger partial charge in [-0.1, -0.05) is 67.1 Å². The van der Waals surface area contributed by atoms with E-state index in [1.54, 1.807) is 0 Å². The van der Waals surface area contributed by atoms with Crippen LogP contribution in [0.5, 0.6) is 0 Å². The predicted octanol–water partition coefficient (Wildman–Crippen LogP) is 4.09. The zero-order valence-electron chi connectivity index (χ0n) is 11.7. The minimum absolute atomic E-state index is 0.280. The molecule has 2 unspecified atom stereocenters. The highest BCUT2D eigenvalue weighted by molar-refractivity contribution is 5.22. The Morgan fingerprint density at radius 3 is 2.21 bits per heavy atom. The quantitative estimate of drug-likeness (QED) is 0.852. The van der Waals surface area contributed by atoms with Gasteiger partial charge in [-0.3, -0.25) is 0 Å². The molecule has 1 heteroatoms. The first-order valence-corrected chi connectivity index (χ1v) is 6.93. The maximum atomic E-state index is 10.2. The van der Waals surface area contributed by atoms with Gasteiger partial charge in [0.25, 0.3) is 0 Å². The first kappa shape index (κ1) is 13.8. The van der Waals surface area contributed by atoms with Crippen molar-refractivity contribution >= 4 is 0 Å². The lowest BCUT2D eigenvalue weighted by atomic mass is 9.92. The van der Waals surface area contributed by atoms with Crippen LogP contribution < -0.4 is 0 Å². The zero-order valence-corrected chi connectivity index (χ0v) is 11.7. The molecule has 0 aliphatic heterocycles. The summed E-state index contributed by atoms with van der Waals surface area (Å²) in [6.45, 7) is 4.26. The molecule has 0 radical (unpaired) electrons. The van der Waals surface area contributed by atoms with Gasteiger partial charge in [0.2, 0.25) is 0 Å². The van der Waals surface area contributed by atoms with Crippen LogP contribution in [0.25, 0.3) is 0 Å². The van der Waals surface area contributed by atoms with Gasteiger partial charge in [-0.15, -0.1) is 0 Å². The van der Waals surface area contributed by atoms with Crippen LogP contribution in [0, 0.1) is 6.92 Å². The van der Waals surface area contributed by atoms with Crippen LogP contribution in [0.1, 0.15) is 36.0 Å². The van der Waals surface area contributed by atoms with E-state index in [2.05, 4.69) is 62.4 Å². The molecule has 0 saturated carbocycles. The van der Waals surface area contributed by atoms with Crippen molar-refractivity contribution in [2.45, 2.75) is 38.7 Å². The molecule has 100 valence electrons. The Morgan fingerprint density at radius 2 is 1.58 bits per heavy atom. The van der Waals surface area contributed by atoms with Gasteiger partial charge >= 0.3 is 0 Å². The van der Waals surface area contributed by atoms with Crippen LogP contribution in [-0.2, 0) is 6.42 Å². The summed E-state index contributed by atoms with van der Waals surface area (Å²) in [5, 5.41) is 10.2. The predicted molar refractivity (Wildman–Crippen MR) is 80.4 cm³/mol. The minimum atomic E-state index is -0.280. The van der Waals surface area contributed by atoms with E-state index < -0.39 is 0 Å². The van der Waals surface area contributed by atoms with E-state index in [4.69, 9.17) is 0 Å². The Kier molecular flexibility index (Phi) is 4.75. The van der Waals surface area contributed by atoms with E-state index in [9.17, 15) is 5.11 Å². The summed E-state index contributed by atoms with van der Waals surface area (Å²) in [5.74, 6) is 0.390. The summed E-state index contributed by atoms with van der Waals surface area (Å²) in [5.41, 5.74) is 3.76. The second kappa shape index (κ2) is 6.53. The highest BCUT2D eigenvalue weighted by atomic mass is 16.3. The third kappa shape index (κ3) is 4.22. The van der Waals surface area contributed by atoms with E-state index in [0.29, 0.717) is 5.92 Å². The highest BCUT2D eigenvalue weighted by Crippen LogP contribution is 2.21. The molecule has 0 saturated heterocycles. The molecule has 0 aromatic heterocycles. The van der Waals surface area contributed by atoms with Gasteiger partial charge in [0.15, 0.2) is 0 Å². The van der Waals surface area contributed by atoms with E-state index in [1.807, 2.05) is 6.07 Å². The number of hydrogen-bond donors (Lipinski definition) is 1. The monoisotopic (exact) mass is 254 g/mol. The van der Waals surface area contributed by atoms with Crippen molar-refractivity contribution in [3.8, 4) is 0 Å². The first-order valence-electron chi connectivity index (χ1n) is 6.93. The second-order valence-corrected chi connectivity index (χ2v) is 5.39. The van der Waals surface area contributed by atoms with Crippen molar-refractivity contribution in [3.63, 3.8) is 0 Å². The molecule has 2 atom stereocenters. The Bertz CT molecular complexity index is 487. The SMILES string of the molecule is Cc1ccc(CC(O)CC(C)c2ccccc2)cc1. The summed E-state index contributed by atoms with van der Waals surface area (Å²) in [6.07, 6.45) is 1.26. The van der Waals surface area contributed by atoms with Crippen LogP contribution in [0.3, 0.4) is 0 Å². The van der Waals surface area contributed by atoms with Gasteiger partial charge in [0.1, 0.15) is 0 Å². The number of rotatable bonds is 5. The molecular formula is C18H22O. The molecule has 0 spiro atoms. The largest absolute Gasteiger partial charge is 0.393 e. The number of aliphatic hydroxyl groups excluding tert-OH is 1. The molecule has 0 aliphatic carbocycles. The smallest absolute Gasteiger partial charge is 0.0586 e. The fourth-order valence-corrected chi connectivity index (χ4v) is 2.41. The van der Waals surface area contributed by atoms with Crippen molar-refractivity contribution in [1.29, 1.82) is 0 Å². The lowest BCUT2D eigenvalue weighted by Gasteiger charge is -2.17. The second-order valence-electron chi connectivity index (χ2n) is 5.39. The van der Waals surface area contributed by atoms with Crippen LogP contribution in [0.2, 0.25) is 0 Å². The number of aliphatic hydroxyl groups is 1. The lowest BCUT2D eigenvalue weighted by molar-refractivity contribution is 0.157. The first-order chi connectivity index (χ1) is 9.15. The van der Waals surface area contributed by atoms with Crippen molar-refractivity contribution in [2.24, 2.45) is 0 Å². The average Bonchev–Trinajstić information content (AvgIpc) is 2.42.